The summed E-state index contributed by atoms with van der Waals surface area (Å²) in [7, 11) is 0. The number of hydrogen-bond acceptors (Lipinski definition) is 5. The highest BCUT2D eigenvalue weighted by molar-refractivity contribution is 5.76. The Labute approximate surface area is 101 Å². The van der Waals surface area contributed by atoms with E-state index in [0.29, 0.717) is 0 Å². The summed E-state index contributed by atoms with van der Waals surface area (Å²) in [5.74, 6) is -1.27. The molecule has 0 saturated heterocycles. The molecule has 1 atom stereocenters. The number of carboxylic acid groups (broad SMARTS) is 1. The third-order valence-electron chi connectivity index (χ3n) is 1.88. The molecular formula is C10H10N2O6. The highest BCUT2D eigenvalue weighted by atomic mass is 16.7. The first kappa shape index (κ1) is 13.4. The number of carboxylic acids is 1. The summed E-state index contributed by atoms with van der Waals surface area (Å²) in [6.45, 7) is -0.669. The molecule has 1 aromatic rings. The van der Waals surface area contributed by atoms with Gasteiger partial charge >= 0.3 is 18.3 Å². The zero-order valence-electron chi connectivity index (χ0n) is 9.11. The number of carbonyl (C=O) groups is 2. The number of hydrogen-bond donors (Lipinski definition) is 2. The summed E-state index contributed by atoms with van der Waals surface area (Å²) in [4.78, 5) is 31.3. The number of benzene rings is 1. The molecule has 2 N–H and O–H groups in total. The van der Waals surface area contributed by atoms with Crippen molar-refractivity contribution in [2.45, 2.75) is 6.23 Å². The van der Waals surface area contributed by atoms with Crippen molar-refractivity contribution < 1.29 is 24.4 Å². The number of ether oxygens (including phenoxy) is 1. The monoisotopic (exact) mass is 254 g/mol. The molecule has 8 heteroatoms. The van der Waals surface area contributed by atoms with Gasteiger partial charge in [0.1, 0.15) is 6.54 Å². The van der Waals surface area contributed by atoms with E-state index in [1.807, 2.05) is 5.32 Å². The van der Waals surface area contributed by atoms with E-state index in [2.05, 4.69) is 4.74 Å². The van der Waals surface area contributed by atoms with Crippen molar-refractivity contribution in [2.24, 2.45) is 0 Å². The van der Waals surface area contributed by atoms with E-state index in [1.54, 1.807) is 18.2 Å². The molecule has 1 unspecified atom stereocenters. The van der Waals surface area contributed by atoms with Crippen molar-refractivity contribution in [3.63, 3.8) is 0 Å². The zero-order chi connectivity index (χ0) is 13.5. The van der Waals surface area contributed by atoms with Crippen molar-refractivity contribution in [1.29, 1.82) is 0 Å². The fourth-order valence-electron chi connectivity index (χ4n) is 1.14. The molecule has 0 aliphatic rings. The molecule has 1 rings (SSSR count). The van der Waals surface area contributed by atoms with Crippen LogP contribution in [0.15, 0.2) is 30.3 Å². The lowest BCUT2D eigenvalue weighted by molar-refractivity contribution is -0.575. The lowest BCUT2D eigenvalue weighted by Gasteiger charge is -2.10. The fourth-order valence-corrected chi connectivity index (χ4v) is 1.14. The van der Waals surface area contributed by atoms with Crippen LogP contribution in [-0.4, -0.2) is 28.6 Å². The number of alkyl carbamates (subject to hydrolysis) is 1. The first-order valence-electron chi connectivity index (χ1n) is 4.85. The minimum atomic E-state index is -1.67. The zero-order valence-corrected chi connectivity index (χ0v) is 9.11. The Bertz CT molecular complexity index is 447. The summed E-state index contributed by atoms with van der Waals surface area (Å²) < 4.78 is 4.54. The minimum absolute atomic E-state index is 0.188. The van der Waals surface area contributed by atoms with E-state index in [4.69, 9.17) is 5.11 Å². The first-order chi connectivity index (χ1) is 8.50. The second-order valence-electron chi connectivity index (χ2n) is 3.20. The fraction of sp³-hybridized carbons (Fsp3) is 0.200. The van der Waals surface area contributed by atoms with Gasteiger partial charge in [-0.25, -0.2) is 4.79 Å². The van der Waals surface area contributed by atoms with Gasteiger partial charge in [-0.05, 0) is 12.1 Å². The molecule has 8 nitrogen and oxygen atoms in total. The van der Waals surface area contributed by atoms with Crippen LogP contribution in [-0.2, 0) is 9.53 Å². The Kier molecular flexibility index (Phi) is 4.61. The number of carbonyl (C=O) groups excluding carboxylic acids is 1. The molecule has 0 aliphatic carbocycles. The number of nitro groups is 1. The Morgan fingerprint density at radius 1 is 1.39 bits per heavy atom. The van der Waals surface area contributed by atoms with Crippen LogP contribution < -0.4 is 5.32 Å². The lowest BCUT2D eigenvalue weighted by Crippen LogP contribution is -2.32. The third kappa shape index (κ3) is 4.08. The van der Waals surface area contributed by atoms with Gasteiger partial charge in [0.05, 0.1) is 10.5 Å². The molecule has 1 aromatic carbocycles. The molecule has 0 fully saturated rings. The third-order valence-corrected chi connectivity index (χ3v) is 1.88. The van der Waals surface area contributed by atoms with Gasteiger partial charge in [-0.15, -0.1) is 0 Å². The smallest absolute Gasteiger partial charge is 0.413 e. The summed E-state index contributed by atoms with van der Waals surface area (Å²) in [6, 6.07) is 7.63. The molecule has 1 amide bonds. The second-order valence-corrected chi connectivity index (χ2v) is 3.20. The van der Waals surface area contributed by atoms with Crippen LogP contribution in [0.3, 0.4) is 0 Å². The van der Waals surface area contributed by atoms with Crippen LogP contribution in [0.1, 0.15) is 11.8 Å². The summed E-state index contributed by atoms with van der Waals surface area (Å²) >= 11 is 0. The standard InChI is InChI=1S/C10H10N2O6/c13-8(14)6-11-10(15)18-9(12(16)17)7-4-2-1-3-5-7/h1-5,9H,6H2,(H,11,15)(H,13,14). The highest BCUT2D eigenvalue weighted by Gasteiger charge is 2.27. The predicted octanol–water partition coefficient (Wildman–Crippen LogP) is 0.773. The molecular weight excluding hydrogens is 244 g/mol. The maximum Gasteiger partial charge on any atom is 0.413 e. The normalized spacial score (nSPS) is 11.3. The highest BCUT2D eigenvalue weighted by Crippen LogP contribution is 2.17. The maximum absolute atomic E-state index is 11.1. The average Bonchev–Trinajstić information content (AvgIpc) is 2.34. The van der Waals surface area contributed by atoms with Gasteiger partial charge in [-0.3, -0.25) is 14.9 Å². The van der Waals surface area contributed by atoms with Crippen LogP contribution in [0, 0.1) is 10.1 Å². The number of nitrogens with zero attached hydrogens (tertiary/aromatic N) is 1. The van der Waals surface area contributed by atoms with Crippen molar-refractivity contribution in [2.75, 3.05) is 6.54 Å². The van der Waals surface area contributed by atoms with Crippen LogP contribution in [0.25, 0.3) is 0 Å². The molecule has 0 radical (unpaired) electrons. The van der Waals surface area contributed by atoms with Gasteiger partial charge in [0.2, 0.25) is 0 Å². The molecule has 0 aromatic heterocycles. The molecule has 0 aliphatic heterocycles. The SMILES string of the molecule is O=C(O)CNC(=O)OC(c1ccccc1)[N+](=O)[O-]. The Balaban J connectivity index is 2.67. The van der Waals surface area contributed by atoms with Crippen molar-refractivity contribution in [3.05, 3.63) is 46.0 Å². The quantitative estimate of drug-likeness (QED) is 0.455. The molecule has 0 heterocycles. The van der Waals surface area contributed by atoms with Crippen LogP contribution in [0.2, 0.25) is 0 Å². The maximum atomic E-state index is 11.1. The second kappa shape index (κ2) is 6.18. The molecule has 0 spiro atoms. The number of nitrogens with one attached hydrogen (secondary N) is 1. The topological polar surface area (TPSA) is 119 Å². The Hall–Kier alpha value is -2.64. The van der Waals surface area contributed by atoms with E-state index in [0.717, 1.165) is 0 Å². The predicted molar refractivity (Wildman–Crippen MR) is 58.3 cm³/mol. The van der Waals surface area contributed by atoms with Gasteiger partial charge in [-0.1, -0.05) is 18.2 Å². The summed E-state index contributed by atoms with van der Waals surface area (Å²) in [5, 5.41) is 20.9. The van der Waals surface area contributed by atoms with Gasteiger partial charge in [0.25, 0.3) is 0 Å². The summed E-state index contributed by atoms with van der Waals surface area (Å²) in [5.41, 5.74) is 0.188. The number of amides is 1. The van der Waals surface area contributed by atoms with Crippen molar-refractivity contribution in [3.8, 4) is 0 Å². The largest absolute Gasteiger partial charge is 0.480 e. The van der Waals surface area contributed by atoms with Gasteiger partial charge < -0.3 is 15.2 Å². The van der Waals surface area contributed by atoms with E-state index in [1.165, 1.54) is 12.1 Å². The van der Waals surface area contributed by atoms with Crippen LogP contribution in [0.4, 0.5) is 4.79 Å². The minimum Gasteiger partial charge on any atom is -0.480 e. The van der Waals surface area contributed by atoms with Crippen molar-refractivity contribution >= 4 is 12.1 Å². The molecule has 0 bridgehead atoms. The molecule has 96 valence electrons. The number of rotatable bonds is 5. The van der Waals surface area contributed by atoms with Gasteiger partial charge in [-0.2, -0.15) is 0 Å². The van der Waals surface area contributed by atoms with E-state index in [9.17, 15) is 19.7 Å². The van der Waals surface area contributed by atoms with E-state index in [-0.39, 0.29) is 5.56 Å². The van der Waals surface area contributed by atoms with Crippen LogP contribution in [0.5, 0.6) is 0 Å². The Morgan fingerprint density at radius 2 is 2.00 bits per heavy atom. The van der Waals surface area contributed by atoms with Crippen LogP contribution >= 0.6 is 0 Å². The van der Waals surface area contributed by atoms with E-state index < -0.39 is 29.8 Å². The summed E-state index contributed by atoms with van der Waals surface area (Å²) in [6.07, 6.45) is -2.83. The first-order valence-corrected chi connectivity index (χ1v) is 4.85. The van der Waals surface area contributed by atoms with Crippen molar-refractivity contribution in [1.82, 2.24) is 5.32 Å². The van der Waals surface area contributed by atoms with Gasteiger partial charge in [0, 0.05) is 0 Å². The number of aliphatic carboxylic acids is 1. The molecule has 0 saturated carbocycles. The van der Waals surface area contributed by atoms with Gasteiger partial charge in [0.15, 0.2) is 0 Å². The van der Waals surface area contributed by atoms with E-state index >= 15 is 0 Å². The Morgan fingerprint density at radius 3 is 2.50 bits per heavy atom. The lowest BCUT2D eigenvalue weighted by atomic mass is 10.2. The average molecular weight is 254 g/mol. The molecule has 18 heavy (non-hydrogen) atoms.